The fourth-order valence-corrected chi connectivity index (χ4v) is 10.5. The molecule has 1 atom stereocenters. The summed E-state index contributed by atoms with van der Waals surface area (Å²) in [5.74, 6) is 1.41. The third kappa shape index (κ3) is 5.18. The van der Waals surface area contributed by atoms with E-state index in [1.165, 1.54) is 43.1 Å². The molecule has 3 heterocycles. The van der Waals surface area contributed by atoms with E-state index >= 15 is 0 Å². The van der Waals surface area contributed by atoms with Gasteiger partial charge in [-0.1, -0.05) is 164 Å². The van der Waals surface area contributed by atoms with Crippen LogP contribution in [0.3, 0.4) is 0 Å². The van der Waals surface area contributed by atoms with Gasteiger partial charge in [0.15, 0.2) is 5.84 Å². The van der Waals surface area contributed by atoms with Crippen LogP contribution in [-0.2, 0) is 0 Å². The minimum atomic E-state index is -0.443. The van der Waals surface area contributed by atoms with Crippen LogP contribution in [0.5, 0.6) is 0 Å². The van der Waals surface area contributed by atoms with E-state index in [4.69, 9.17) is 14.4 Å². The largest absolute Gasteiger partial charge is 0.456 e. The van der Waals surface area contributed by atoms with Crippen LogP contribution in [0.1, 0.15) is 22.9 Å². The molecule has 0 aliphatic carbocycles. The van der Waals surface area contributed by atoms with Gasteiger partial charge in [0, 0.05) is 44.3 Å². The second-order valence-electron chi connectivity index (χ2n) is 16.9. The first-order chi connectivity index (χ1) is 31.7. The summed E-state index contributed by atoms with van der Waals surface area (Å²) in [7, 11) is 0. The highest BCUT2D eigenvalue weighted by Gasteiger charge is 2.27. The summed E-state index contributed by atoms with van der Waals surface area (Å²) < 4.78 is 9.25. The van der Waals surface area contributed by atoms with Gasteiger partial charge in [-0.15, -0.1) is 0 Å². The van der Waals surface area contributed by atoms with Crippen molar-refractivity contribution in [1.29, 1.82) is 0 Å². The molecule has 64 heavy (non-hydrogen) atoms. The third-order valence-corrected chi connectivity index (χ3v) is 13.4. The van der Waals surface area contributed by atoms with Crippen molar-refractivity contribution < 1.29 is 4.42 Å². The molecular weight excluding hydrogens is 781 g/mol. The van der Waals surface area contributed by atoms with Gasteiger partial charge in [-0.3, -0.25) is 0 Å². The number of fused-ring (bicyclic) bond motifs is 13. The molecule has 1 aliphatic rings. The molecular formula is C59H36N4O. The second-order valence-corrected chi connectivity index (χ2v) is 16.9. The first-order valence-electron chi connectivity index (χ1n) is 21.8. The van der Waals surface area contributed by atoms with E-state index < -0.39 is 6.17 Å². The molecule has 298 valence electrons. The van der Waals surface area contributed by atoms with E-state index in [-0.39, 0.29) is 0 Å². The zero-order chi connectivity index (χ0) is 41.9. The lowest BCUT2D eigenvalue weighted by Gasteiger charge is -2.26. The van der Waals surface area contributed by atoms with Crippen LogP contribution in [0.15, 0.2) is 221 Å². The Kier molecular flexibility index (Phi) is 7.39. The maximum absolute atomic E-state index is 6.84. The monoisotopic (exact) mass is 816 g/mol. The number of nitrogens with one attached hydrogen (secondary N) is 1. The Labute approximate surface area is 366 Å². The Morgan fingerprint density at radius 1 is 0.406 bits per heavy atom. The number of nitrogens with zero attached hydrogens (tertiary/aromatic N) is 3. The average molecular weight is 817 g/mol. The molecule has 13 aromatic rings. The molecule has 2 aromatic heterocycles. The van der Waals surface area contributed by atoms with Crippen LogP contribution in [0.25, 0.3) is 103 Å². The standard InChI is InChI=1S/C59H36N4O/c1-2-17-38-32-52-49(30-37(38)16-1)55-43-22-8-4-15-36(43)28-29-51(55)63(52)40-33-50(56-47-25-11-12-27-53(47)64-54(56)34-40)59-61-57(46-26-13-19-35-14-3-6-20-41(35)46)60-58(62-59)48-31-39-18-5-7-21-42(39)44-23-9-10-24-45(44)48/h1-34,57H,(H,60,61,62). The van der Waals surface area contributed by atoms with E-state index in [9.17, 15) is 0 Å². The summed E-state index contributed by atoms with van der Waals surface area (Å²) in [5.41, 5.74) is 7.83. The highest BCUT2D eigenvalue weighted by atomic mass is 16.3. The number of furan rings is 1. The molecule has 1 unspecified atom stereocenters. The van der Waals surface area contributed by atoms with Crippen molar-refractivity contribution in [3.8, 4) is 5.69 Å². The summed E-state index contributed by atoms with van der Waals surface area (Å²) in [6.07, 6.45) is -0.443. The van der Waals surface area contributed by atoms with E-state index in [1.54, 1.807) is 0 Å². The zero-order valence-corrected chi connectivity index (χ0v) is 34.5. The first-order valence-corrected chi connectivity index (χ1v) is 21.8. The van der Waals surface area contributed by atoms with Crippen molar-refractivity contribution in [1.82, 2.24) is 9.88 Å². The van der Waals surface area contributed by atoms with E-state index in [0.29, 0.717) is 5.84 Å². The lowest BCUT2D eigenvalue weighted by molar-refractivity contribution is 0.668. The highest BCUT2D eigenvalue weighted by Crippen LogP contribution is 2.42. The molecule has 0 spiro atoms. The molecule has 11 aromatic carbocycles. The smallest absolute Gasteiger partial charge is 0.160 e. The van der Waals surface area contributed by atoms with Crippen LogP contribution in [-0.4, -0.2) is 16.2 Å². The summed E-state index contributed by atoms with van der Waals surface area (Å²) in [4.78, 5) is 11.2. The van der Waals surface area contributed by atoms with Crippen LogP contribution in [0.2, 0.25) is 0 Å². The van der Waals surface area contributed by atoms with Gasteiger partial charge >= 0.3 is 0 Å². The lowest BCUT2D eigenvalue weighted by Crippen LogP contribution is -2.34. The minimum absolute atomic E-state index is 0.443. The van der Waals surface area contributed by atoms with Gasteiger partial charge in [-0.05, 0) is 90.3 Å². The molecule has 0 saturated carbocycles. The molecule has 1 N–H and O–H groups in total. The number of para-hydroxylation sites is 1. The van der Waals surface area contributed by atoms with E-state index in [1.807, 2.05) is 6.07 Å². The number of aromatic nitrogens is 1. The van der Waals surface area contributed by atoms with Crippen molar-refractivity contribution in [2.45, 2.75) is 6.17 Å². The van der Waals surface area contributed by atoms with Crippen LogP contribution < -0.4 is 5.32 Å². The van der Waals surface area contributed by atoms with Gasteiger partial charge < -0.3 is 14.3 Å². The first kappa shape index (κ1) is 35.1. The predicted octanol–water partition coefficient (Wildman–Crippen LogP) is 14.9. The molecule has 5 nitrogen and oxygen atoms in total. The maximum atomic E-state index is 6.84. The summed E-state index contributed by atoms with van der Waals surface area (Å²) >= 11 is 0. The fraction of sp³-hybridized carbons (Fsp3) is 0.0169. The summed E-state index contributed by atoms with van der Waals surface area (Å²) in [6.45, 7) is 0. The predicted molar refractivity (Wildman–Crippen MR) is 267 cm³/mol. The molecule has 5 heteroatoms. The van der Waals surface area contributed by atoms with E-state index in [2.05, 4.69) is 210 Å². The quantitative estimate of drug-likeness (QED) is 0.180. The van der Waals surface area contributed by atoms with Gasteiger partial charge in [0.25, 0.3) is 0 Å². The van der Waals surface area contributed by atoms with Crippen molar-refractivity contribution in [3.05, 3.63) is 223 Å². The Balaban J connectivity index is 1.09. The third-order valence-electron chi connectivity index (χ3n) is 13.4. The van der Waals surface area contributed by atoms with Gasteiger partial charge in [0.1, 0.15) is 23.2 Å². The van der Waals surface area contributed by atoms with E-state index in [0.717, 1.165) is 82.7 Å². The molecule has 0 bridgehead atoms. The lowest BCUT2D eigenvalue weighted by atomic mass is 9.95. The number of hydrogen-bond donors (Lipinski definition) is 1. The molecule has 0 fully saturated rings. The van der Waals surface area contributed by atoms with Crippen molar-refractivity contribution in [2.24, 2.45) is 9.98 Å². The van der Waals surface area contributed by atoms with Crippen molar-refractivity contribution in [2.75, 3.05) is 0 Å². The Morgan fingerprint density at radius 2 is 1.05 bits per heavy atom. The molecule has 0 radical (unpaired) electrons. The Morgan fingerprint density at radius 3 is 1.88 bits per heavy atom. The topological polar surface area (TPSA) is 54.8 Å². The second kappa shape index (κ2) is 13.5. The number of aliphatic imine (C=N–C) groups is 2. The molecule has 0 saturated heterocycles. The zero-order valence-electron chi connectivity index (χ0n) is 34.5. The maximum Gasteiger partial charge on any atom is 0.160 e. The van der Waals surface area contributed by atoms with Gasteiger partial charge in [0.05, 0.1) is 16.7 Å². The van der Waals surface area contributed by atoms with Gasteiger partial charge in [-0.25, -0.2) is 9.98 Å². The summed E-state index contributed by atoms with van der Waals surface area (Å²) in [5, 5.41) is 20.1. The summed E-state index contributed by atoms with van der Waals surface area (Å²) in [6, 6.07) is 73.9. The fourth-order valence-electron chi connectivity index (χ4n) is 10.5. The van der Waals surface area contributed by atoms with Crippen LogP contribution in [0.4, 0.5) is 0 Å². The number of benzene rings is 11. The number of rotatable bonds is 4. The number of amidine groups is 2. The van der Waals surface area contributed by atoms with Crippen molar-refractivity contribution >= 4 is 109 Å². The van der Waals surface area contributed by atoms with Crippen LogP contribution >= 0.6 is 0 Å². The Hall–Kier alpha value is -8.54. The highest BCUT2D eigenvalue weighted by molar-refractivity contribution is 6.27. The SMILES string of the molecule is c1ccc2cc3c(cc2c1)c1c2ccccc2ccc1n3-c1cc(C2=NC(c3cccc4ccccc34)NC(c3cc4ccccc4c4ccccc34)=N2)c2c(c1)oc1ccccc12. The molecule has 14 rings (SSSR count). The van der Waals surface area contributed by atoms with Gasteiger partial charge in [0.2, 0.25) is 0 Å². The Bertz CT molecular complexity index is 4180. The van der Waals surface area contributed by atoms with Crippen molar-refractivity contribution in [3.63, 3.8) is 0 Å². The van der Waals surface area contributed by atoms with Crippen LogP contribution in [0, 0.1) is 0 Å². The molecule has 0 amide bonds. The van der Waals surface area contributed by atoms with Gasteiger partial charge in [-0.2, -0.15) is 0 Å². The molecule has 1 aliphatic heterocycles. The number of hydrogen-bond acceptors (Lipinski definition) is 4. The average Bonchev–Trinajstić information content (AvgIpc) is 3.90. The normalized spacial score (nSPS) is 14.4. The minimum Gasteiger partial charge on any atom is -0.456 e.